The Balaban J connectivity index is 1.21. The van der Waals surface area contributed by atoms with E-state index in [1.54, 1.807) is 17.6 Å². The Labute approximate surface area is 200 Å². The molecule has 1 saturated carbocycles. The first-order chi connectivity index (χ1) is 16.3. The summed E-state index contributed by atoms with van der Waals surface area (Å²) in [7, 11) is 0. The van der Waals surface area contributed by atoms with Crippen LogP contribution in [0.2, 0.25) is 0 Å². The number of piperidine rings is 1. The topological polar surface area (TPSA) is 58.9 Å². The summed E-state index contributed by atoms with van der Waals surface area (Å²) in [4.78, 5) is 7.27. The van der Waals surface area contributed by atoms with E-state index in [0.717, 1.165) is 50.1 Å². The number of nitrogens with zero attached hydrogens (tertiary/aromatic N) is 5. The molecular weight excluding hydrogens is 461 g/mol. The second-order valence-corrected chi connectivity index (χ2v) is 10.6. The lowest BCUT2D eigenvalue weighted by Gasteiger charge is -2.38. The van der Waals surface area contributed by atoms with Gasteiger partial charge in [0.15, 0.2) is 0 Å². The number of hydrogen-bond donors (Lipinski definition) is 1. The van der Waals surface area contributed by atoms with Crippen molar-refractivity contribution in [3.8, 4) is 0 Å². The highest BCUT2D eigenvalue weighted by Gasteiger charge is 2.43. The van der Waals surface area contributed by atoms with E-state index >= 15 is 0 Å². The summed E-state index contributed by atoms with van der Waals surface area (Å²) in [5.41, 5.74) is 1.11. The summed E-state index contributed by atoms with van der Waals surface area (Å²) in [5, 5.41) is 9.59. The first-order valence-corrected chi connectivity index (χ1v) is 12.7. The van der Waals surface area contributed by atoms with Gasteiger partial charge in [-0.2, -0.15) is 22.5 Å². The van der Waals surface area contributed by atoms with Crippen LogP contribution in [0.1, 0.15) is 54.2 Å². The van der Waals surface area contributed by atoms with Crippen molar-refractivity contribution in [2.75, 3.05) is 23.3 Å². The number of alkyl halides is 3. The molecule has 3 aliphatic rings. The Morgan fingerprint density at radius 3 is 2.59 bits per heavy atom. The van der Waals surface area contributed by atoms with Crippen LogP contribution in [0.25, 0.3) is 0 Å². The first-order valence-electron chi connectivity index (χ1n) is 11.9. The maximum absolute atomic E-state index is 13.3. The lowest BCUT2D eigenvalue weighted by molar-refractivity contribution is -0.137. The molecule has 2 aliphatic heterocycles. The Hall–Kier alpha value is -2.62. The smallest absolute Gasteiger partial charge is 0.361 e. The zero-order chi connectivity index (χ0) is 23.4. The van der Waals surface area contributed by atoms with Crippen molar-refractivity contribution in [3.05, 3.63) is 53.0 Å². The standard InChI is InChI=1S/C24H27F3N6S/c1-14-10-20(34-31-14)32-12-16-7-8-17(13-32)21(16)28-23-29-22-19(6-3-9-33(22)30-23)15-4-2-5-18(11-15)24(25,26)27/h2,4-5,10-11,16-17,19,21H,3,6-9,12-13H2,1H3,(H,28,30). The van der Waals surface area contributed by atoms with Gasteiger partial charge in [-0.05, 0) is 73.7 Å². The van der Waals surface area contributed by atoms with Crippen molar-refractivity contribution < 1.29 is 13.2 Å². The molecule has 2 aromatic heterocycles. The normalized spacial score (nSPS) is 26.5. The molecule has 0 spiro atoms. The van der Waals surface area contributed by atoms with Gasteiger partial charge in [-0.15, -0.1) is 5.10 Å². The molecular formula is C24H27F3N6S. The van der Waals surface area contributed by atoms with Crippen molar-refractivity contribution in [1.29, 1.82) is 0 Å². The van der Waals surface area contributed by atoms with Crippen LogP contribution in [-0.2, 0) is 12.7 Å². The predicted molar refractivity (Wildman–Crippen MR) is 125 cm³/mol. The summed E-state index contributed by atoms with van der Waals surface area (Å²) in [5.74, 6) is 2.23. The molecule has 0 amide bonds. The Bertz CT molecular complexity index is 1170. The molecule has 3 atom stereocenters. The largest absolute Gasteiger partial charge is 0.416 e. The summed E-state index contributed by atoms with van der Waals surface area (Å²) < 4.78 is 46.1. The third-order valence-corrected chi connectivity index (χ3v) is 8.49. The van der Waals surface area contributed by atoms with Gasteiger partial charge in [-0.1, -0.05) is 18.2 Å². The van der Waals surface area contributed by atoms with Gasteiger partial charge in [-0.25, -0.2) is 4.68 Å². The first kappa shape index (κ1) is 21.9. The molecule has 1 N–H and O–H groups in total. The van der Waals surface area contributed by atoms with Crippen molar-refractivity contribution in [1.82, 2.24) is 19.1 Å². The minimum atomic E-state index is -4.35. The quantitative estimate of drug-likeness (QED) is 0.539. The molecule has 10 heteroatoms. The van der Waals surface area contributed by atoms with E-state index in [1.807, 2.05) is 11.6 Å². The minimum absolute atomic E-state index is 0.174. The minimum Gasteiger partial charge on any atom is -0.361 e. The van der Waals surface area contributed by atoms with Crippen molar-refractivity contribution in [2.24, 2.45) is 11.8 Å². The van der Waals surface area contributed by atoms with Gasteiger partial charge in [0.1, 0.15) is 10.8 Å². The Morgan fingerprint density at radius 1 is 1.09 bits per heavy atom. The lowest BCUT2D eigenvalue weighted by Crippen LogP contribution is -2.48. The number of aryl methyl sites for hydroxylation is 2. The fourth-order valence-electron chi connectivity index (χ4n) is 5.95. The fourth-order valence-corrected chi connectivity index (χ4v) is 6.72. The van der Waals surface area contributed by atoms with Gasteiger partial charge in [0, 0.05) is 31.6 Å². The molecule has 180 valence electrons. The van der Waals surface area contributed by atoms with Crippen LogP contribution >= 0.6 is 11.5 Å². The van der Waals surface area contributed by atoms with Crippen LogP contribution in [0.5, 0.6) is 0 Å². The SMILES string of the molecule is Cc1cc(N2CC3CCC(C2)C3Nc2nc3n(n2)CCCC3c2cccc(C(F)(F)F)c2)sn1. The number of benzene rings is 1. The van der Waals surface area contributed by atoms with Crippen molar-refractivity contribution >= 4 is 22.5 Å². The van der Waals surface area contributed by atoms with Gasteiger partial charge in [0.05, 0.1) is 11.3 Å². The third-order valence-electron chi connectivity index (χ3n) is 7.55. The molecule has 6 nitrogen and oxygen atoms in total. The van der Waals surface area contributed by atoms with E-state index in [2.05, 4.69) is 20.7 Å². The van der Waals surface area contributed by atoms with E-state index in [1.165, 1.54) is 30.0 Å². The average Bonchev–Trinajstić information content (AvgIpc) is 3.48. The molecule has 3 unspecified atom stereocenters. The number of nitrogens with one attached hydrogen (secondary N) is 1. The number of aromatic nitrogens is 4. The van der Waals surface area contributed by atoms with Gasteiger partial charge in [0.25, 0.3) is 0 Å². The molecule has 4 heterocycles. The molecule has 1 aromatic carbocycles. The zero-order valence-corrected chi connectivity index (χ0v) is 19.7. The van der Waals surface area contributed by atoms with Gasteiger partial charge >= 0.3 is 6.18 Å². The van der Waals surface area contributed by atoms with Crippen LogP contribution in [0, 0.1) is 18.8 Å². The molecule has 1 aliphatic carbocycles. The van der Waals surface area contributed by atoms with Crippen LogP contribution in [-0.4, -0.2) is 38.3 Å². The molecule has 2 bridgehead atoms. The second-order valence-electron chi connectivity index (χ2n) is 9.81. The number of fused-ring (bicyclic) bond motifs is 3. The number of rotatable bonds is 4. The summed E-state index contributed by atoms with van der Waals surface area (Å²) in [6, 6.07) is 8.13. The maximum atomic E-state index is 13.3. The number of hydrogen-bond acceptors (Lipinski definition) is 6. The van der Waals surface area contributed by atoms with Crippen molar-refractivity contribution in [3.63, 3.8) is 0 Å². The fraction of sp³-hybridized carbons (Fsp3) is 0.542. The summed E-state index contributed by atoms with van der Waals surface area (Å²) in [6.07, 6.45) is -0.350. The summed E-state index contributed by atoms with van der Waals surface area (Å²) in [6.45, 7) is 4.77. The van der Waals surface area contributed by atoms with E-state index < -0.39 is 11.7 Å². The maximum Gasteiger partial charge on any atom is 0.416 e. The van der Waals surface area contributed by atoms with Crippen molar-refractivity contribution in [2.45, 2.75) is 57.3 Å². The summed E-state index contributed by atoms with van der Waals surface area (Å²) >= 11 is 1.57. The monoisotopic (exact) mass is 488 g/mol. The number of anilines is 2. The van der Waals surface area contributed by atoms with Crippen LogP contribution in [0.4, 0.5) is 24.1 Å². The highest BCUT2D eigenvalue weighted by molar-refractivity contribution is 7.10. The van der Waals surface area contributed by atoms with Crippen LogP contribution < -0.4 is 10.2 Å². The van der Waals surface area contributed by atoms with Gasteiger partial charge in [-0.3, -0.25) is 0 Å². The molecule has 1 saturated heterocycles. The number of halogens is 3. The zero-order valence-electron chi connectivity index (χ0n) is 18.9. The van der Waals surface area contributed by atoms with Crippen LogP contribution in [0.3, 0.4) is 0 Å². The van der Waals surface area contributed by atoms with Gasteiger partial charge < -0.3 is 10.2 Å². The van der Waals surface area contributed by atoms with Gasteiger partial charge in [0.2, 0.25) is 5.95 Å². The third kappa shape index (κ3) is 3.95. The van der Waals surface area contributed by atoms with E-state index in [4.69, 9.17) is 10.1 Å². The average molecular weight is 489 g/mol. The molecule has 2 fully saturated rings. The van der Waals surface area contributed by atoms with E-state index in [-0.39, 0.29) is 5.92 Å². The van der Waals surface area contributed by atoms with E-state index in [0.29, 0.717) is 29.4 Å². The highest BCUT2D eigenvalue weighted by Crippen LogP contribution is 2.41. The molecule has 34 heavy (non-hydrogen) atoms. The highest BCUT2D eigenvalue weighted by atomic mass is 32.1. The second kappa shape index (κ2) is 8.25. The lowest BCUT2D eigenvalue weighted by atomic mass is 9.90. The predicted octanol–water partition coefficient (Wildman–Crippen LogP) is 5.31. The molecule has 6 rings (SSSR count). The van der Waals surface area contributed by atoms with Crippen LogP contribution in [0.15, 0.2) is 30.3 Å². The molecule has 0 radical (unpaired) electrons. The Morgan fingerprint density at radius 2 is 1.88 bits per heavy atom. The Kier molecular flexibility index (Phi) is 5.31. The molecule has 3 aromatic rings. The van der Waals surface area contributed by atoms with E-state index in [9.17, 15) is 13.2 Å².